The van der Waals surface area contributed by atoms with E-state index in [1.165, 1.54) is 6.08 Å². The number of aryl methyl sites for hydroxylation is 1. The van der Waals surface area contributed by atoms with Gasteiger partial charge in [-0.2, -0.15) is 0 Å². The molecule has 0 radical (unpaired) electrons. The maximum atomic E-state index is 13.5. The summed E-state index contributed by atoms with van der Waals surface area (Å²) in [5, 5.41) is 15.1. The van der Waals surface area contributed by atoms with E-state index in [2.05, 4.69) is 29.7 Å². The monoisotopic (exact) mass is 728 g/mol. The van der Waals surface area contributed by atoms with Crippen molar-refractivity contribution in [3.8, 4) is 5.75 Å². The lowest BCUT2D eigenvalue weighted by Gasteiger charge is -2.27. The molecule has 0 saturated carbocycles. The Balaban J connectivity index is 0.00000442. The van der Waals surface area contributed by atoms with Crippen LogP contribution in [-0.4, -0.2) is 60.8 Å². The van der Waals surface area contributed by atoms with Crippen molar-refractivity contribution in [1.29, 1.82) is 0 Å². The summed E-state index contributed by atoms with van der Waals surface area (Å²) in [5.74, 6) is -1.40. The van der Waals surface area contributed by atoms with Crippen LogP contribution in [0.2, 0.25) is 0 Å². The number of hydrogen-bond acceptors (Lipinski definition) is 7. The van der Waals surface area contributed by atoms with Crippen LogP contribution in [0.1, 0.15) is 96.1 Å². The van der Waals surface area contributed by atoms with Crippen molar-refractivity contribution in [2.24, 2.45) is 17.3 Å². The lowest BCUT2D eigenvalue weighted by molar-refractivity contribution is -0.171. The van der Waals surface area contributed by atoms with Gasteiger partial charge in [-0.1, -0.05) is 77.1 Å². The van der Waals surface area contributed by atoms with Crippen LogP contribution >= 0.6 is 11.6 Å². The summed E-state index contributed by atoms with van der Waals surface area (Å²) in [6.07, 6.45) is 3.98. The molecule has 1 heterocycles. The highest BCUT2D eigenvalue weighted by molar-refractivity contribution is 6.17. The second-order valence-corrected chi connectivity index (χ2v) is 14.2. The third kappa shape index (κ3) is 14.0. The quantitative estimate of drug-likeness (QED) is 0.0602. The lowest BCUT2D eigenvalue weighted by atomic mass is 9.93. The molecule has 3 rings (SSSR count). The Labute approximate surface area is 308 Å². The number of amides is 2. The summed E-state index contributed by atoms with van der Waals surface area (Å²) in [4.78, 5) is 51.0. The van der Waals surface area contributed by atoms with Gasteiger partial charge in [0.25, 0.3) is 0 Å². The molecule has 0 aliphatic carbocycles. The van der Waals surface area contributed by atoms with Crippen molar-refractivity contribution in [1.82, 2.24) is 10.6 Å². The van der Waals surface area contributed by atoms with E-state index in [-0.39, 0.29) is 43.4 Å². The van der Waals surface area contributed by atoms with Crippen LogP contribution in [0.25, 0.3) is 0 Å². The number of hydrogen-bond donors (Lipinski definition) is 3. The minimum Gasteiger partial charge on any atom is -0.496 e. The number of alkyl halides is 1. The molecular weight excluding hydrogens is 672 g/mol. The number of carbonyl (C=O) groups excluding carboxylic acids is 3. The number of carboxylic acid groups (broad SMARTS) is 1. The predicted molar refractivity (Wildman–Crippen MR) is 200 cm³/mol. The van der Waals surface area contributed by atoms with Crippen molar-refractivity contribution < 1.29 is 38.5 Å². The van der Waals surface area contributed by atoms with Gasteiger partial charge in [-0.15, -0.1) is 11.6 Å². The summed E-state index contributed by atoms with van der Waals surface area (Å²) in [5.41, 5.74) is 2.67. The zero-order chi connectivity index (χ0) is 38.3. The number of halogens is 1. The average molecular weight is 729 g/mol. The van der Waals surface area contributed by atoms with E-state index in [9.17, 15) is 24.3 Å². The molecular formula is C40H57ClN2O8. The number of rotatable bonds is 19. The van der Waals surface area contributed by atoms with E-state index in [0.29, 0.717) is 18.1 Å². The molecule has 51 heavy (non-hydrogen) atoms. The molecule has 10 nitrogen and oxygen atoms in total. The fourth-order valence-corrected chi connectivity index (χ4v) is 5.67. The van der Waals surface area contributed by atoms with E-state index in [1.54, 1.807) is 33.1 Å². The SMILES string of the molecule is CC.COc1ccc(C[C@@H](NC(=O)/C=C/CC[C@H](C)C2OC2c2ccc(CCl)cc2)C(=O)NCC(C)(C)C(=O)O[C@@H](CC(C)C)C(=O)O)cc1C. The molecule has 1 fully saturated rings. The molecule has 11 heteroatoms. The van der Waals surface area contributed by atoms with E-state index in [0.717, 1.165) is 28.7 Å². The van der Waals surface area contributed by atoms with Crippen LogP contribution in [0.15, 0.2) is 54.6 Å². The number of ether oxygens (including phenoxy) is 3. The van der Waals surface area contributed by atoms with E-state index < -0.39 is 41.3 Å². The first-order chi connectivity index (χ1) is 24.1. The third-order valence-corrected chi connectivity index (χ3v) is 8.91. The molecule has 3 N–H and O–H groups in total. The topological polar surface area (TPSA) is 144 Å². The summed E-state index contributed by atoms with van der Waals surface area (Å²) in [7, 11) is 1.58. The fraction of sp³-hybridized carbons (Fsp3) is 0.550. The van der Waals surface area contributed by atoms with Gasteiger partial charge in [0, 0.05) is 18.8 Å². The van der Waals surface area contributed by atoms with Crippen molar-refractivity contribution >= 4 is 35.4 Å². The molecule has 2 amide bonds. The fourth-order valence-electron chi connectivity index (χ4n) is 5.49. The maximum absolute atomic E-state index is 13.5. The van der Waals surface area contributed by atoms with Crippen LogP contribution in [0, 0.1) is 24.2 Å². The third-order valence-electron chi connectivity index (χ3n) is 8.61. The Hall–Kier alpha value is -3.89. The van der Waals surface area contributed by atoms with E-state index >= 15 is 0 Å². The Morgan fingerprint density at radius 2 is 1.69 bits per heavy atom. The highest BCUT2D eigenvalue weighted by Crippen LogP contribution is 2.44. The highest BCUT2D eigenvalue weighted by Gasteiger charge is 2.43. The molecule has 0 aromatic heterocycles. The number of carboxylic acids is 1. The number of nitrogens with one attached hydrogen (secondary N) is 2. The molecule has 0 bridgehead atoms. The Bertz CT molecular complexity index is 1470. The van der Waals surface area contributed by atoms with Gasteiger partial charge in [0.2, 0.25) is 11.8 Å². The zero-order valence-electron chi connectivity index (χ0n) is 31.6. The van der Waals surface area contributed by atoms with Gasteiger partial charge >= 0.3 is 11.9 Å². The van der Waals surface area contributed by atoms with Crippen LogP contribution in [0.4, 0.5) is 0 Å². The van der Waals surface area contributed by atoms with Crippen LogP contribution < -0.4 is 15.4 Å². The largest absolute Gasteiger partial charge is 0.496 e. The van der Waals surface area contributed by atoms with Gasteiger partial charge < -0.3 is 30.0 Å². The number of carbonyl (C=O) groups is 4. The number of allylic oxidation sites excluding steroid dienone is 1. The van der Waals surface area contributed by atoms with Gasteiger partial charge in [0.15, 0.2) is 6.10 Å². The summed E-state index contributed by atoms with van der Waals surface area (Å²) in [6.45, 7) is 14.7. The number of epoxide rings is 1. The first-order valence-corrected chi connectivity index (χ1v) is 18.3. The van der Waals surface area contributed by atoms with Gasteiger partial charge in [-0.05, 0) is 86.3 Å². The summed E-state index contributed by atoms with van der Waals surface area (Å²) >= 11 is 5.90. The lowest BCUT2D eigenvalue weighted by Crippen LogP contribution is -2.51. The van der Waals surface area contributed by atoms with E-state index in [1.807, 2.05) is 58.9 Å². The summed E-state index contributed by atoms with van der Waals surface area (Å²) in [6, 6.07) is 12.7. The average Bonchev–Trinajstić information content (AvgIpc) is 3.90. The van der Waals surface area contributed by atoms with Crippen LogP contribution in [0.3, 0.4) is 0 Å². The standard InChI is InChI=1S/C38H51ClN2O8.C2H6/c1-23(2)18-31(36(44)45)48-37(46)38(5,6)22-40-35(43)29(20-27-14-17-30(47-7)25(4)19-27)41-32(42)11-9-8-10-24(3)33-34(49-33)28-15-12-26(21-39)13-16-28;1-2/h9,11-17,19,23-24,29,31,33-34H,8,10,18,20-22H2,1-7H3,(H,40,43)(H,41,42)(H,44,45);1-2H3/b11-9+;/t24-,29+,31-,33?,34?;/m0./s1. The first kappa shape index (κ1) is 43.3. The molecule has 282 valence electrons. The van der Waals surface area contributed by atoms with Crippen LogP contribution in [0.5, 0.6) is 5.75 Å². The second-order valence-electron chi connectivity index (χ2n) is 13.9. The van der Waals surface area contributed by atoms with Gasteiger partial charge in [-0.25, -0.2) is 4.79 Å². The van der Waals surface area contributed by atoms with Gasteiger partial charge in [-0.3, -0.25) is 14.4 Å². The molecule has 2 unspecified atom stereocenters. The normalized spacial score (nSPS) is 17.1. The van der Waals surface area contributed by atoms with Gasteiger partial charge in [0.05, 0.1) is 18.6 Å². The number of aliphatic carboxylic acids is 1. The highest BCUT2D eigenvalue weighted by atomic mass is 35.5. The number of benzene rings is 2. The molecule has 2 aromatic rings. The van der Waals surface area contributed by atoms with Gasteiger partial charge in [0.1, 0.15) is 17.9 Å². The van der Waals surface area contributed by atoms with Crippen molar-refractivity contribution in [3.05, 3.63) is 76.9 Å². The molecule has 5 atom stereocenters. The molecule has 1 saturated heterocycles. The molecule has 2 aromatic carbocycles. The summed E-state index contributed by atoms with van der Waals surface area (Å²) < 4.78 is 16.6. The minimum absolute atomic E-state index is 0.00454. The zero-order valence-corrected chi connectivity index (χ0v) is 32.3. The van der Waals surface area contributed by atoms with Crippen molar-refractivity contribution in [3.63, 3.8) is 0 Å². The van der Waals surface area contributed by atoms with Crippen molar-refractivity contribution in [2.45, 2.75) is 111 Å². The molecule has 0 spiro atoms. The minimum atomic E-state index is -1.28. The van der Waals surface area contributed by atoms with Crippen molar-refractivity contribution in [2.75, 3.05) is 13.7 Å². The maximum Gasteiger partial charge on any atom is 0.345 e. The molecule has 1 aliphatic heterocycles. The second kappa shape index (κ2) is 20.8. The Kier molecular flexibility index (Phi) is 17.7. The smallest absolute Gasteiger partial charge is 0.345 e. The number of esters is 1. The predicted octanol–water partition coefficient (Wildman–Crippen LogP) is 7.09. The Morgan fingerprint density at radius 3 is 2.25 bits per heavy atom. The van der Waals surface area contributed by atoms with E-state index in [4.69, 9.17) is 25.8 Å². The Morgan fingerprint density at radius 1 is 1.04 bits per heavy atom. The molecule has 1 aliphatic rings. The number of methoxy groups -OCH3 is 1. The van der Waals surface area contributed by atoms with Crippen LogP contribution in [-0.2, 0) is 41.0 Å². The first-order valence-electron chi connectivity index (χ1n) is 17.8.